The van der Waals surface area contributed by atoms with Crippen LogP contribution in [0.2, 0.25) is 0 Å². The average Bonchev–Trinajstić information content (AvgIpc) is 2.32. The summed E-state index contributed by atoms with van der Waals surface area (Å²) in [6, 6.07) is 0. The van der Waals surface area contributed by atoms with Crippen molar-refractivity contribution >= 4 is 7.25 Å². The van der Waals surface area contributed by atoms with Crippen LogP contribution in [0.15, 0.2) is 44.8 Å². The van der Waals surface area contributed by atoms with E-state index in [1.54, 1.807) is 8.33 Å². The van der Waals surface area contributed by atoms with Gasteiger partial charge in [-0.3, -0.25) is 0 Å². The van der Waals surface area contributed by atoms with Crippen LogP contribution in [-0.2, 0) is 17.1 Å². The van der Waals surface area contributed by atoms with Crippen molar-refractivity contribution < 1.29 is 34.4 Å². The first-order valence-electron chi connectivity index (χ1n) is 7.61. The minimum atomic E-state index is -6.00. The fraction of sp³-hybridized carbons (Fsp3) is 0.500. The standard InChI is InChI=1S/2C8H11.BF4.Rh/c2*1-2-4-6-8-7-5-3-1;2-1(3,4)5;/h2*1-2,7H,3-6H2;;/q;;-1;+1. The Morgan fingerprint density at radius 3 is 1.41 bits per heavy atom. The van der Waals surface area contributed by atoms with Crippen LogP contribution in [0.4, 0.5) is 17.3 Å². The Bertz CT molecular complexity index is 396. The number of hydrogen-bond donors (Lipinski definition) is 0. The molecule has 0 nitrogen and oxygen atoms in total. The van der Waals surface area contributed by atoms with Crippen molar-refractivity contribution in [3.8, 4) is 0 Å². The van der Waals surface area contributed by atoms with Gasteiger partial charge in [0.2, 0.25) is 0 Å². The molecule has 0 aromatic heterocycles. The normalized spacial score (nSPS) is 19.8. The third-order valence-corrected chi connectivity index (χ3v) is 5.55. The Balaban J connectivity index is 0.000000422. The predicted octanol–water partition coefficient (Wildman–Crippen LogP) is 6.40. The Morgan fingerprint density at radius 1 is 0.636 bits per heavy atom. The summed E-state index contributed by atoms with van der Waals surface area (Å²) in [5.74, 6) is 0. The van der Waals surface area contributed by atoms with Crippen molar-refractivity contribution in [2.45, 2.75) is 51.4 Å². The molecule has 0 unspecified atom stereocenters. The quantitative estimate of drug-likeness (QED) is 0.284. The van der Waals surface area contributed by atoms with Gasteiger partial charge in [0.05, 0.1) is 0 Å². The second-order valence-electron chi connectivity index (χ2n) is 5.00. The summed E-state index contributed by atoms with van der Waals surface area (Å²) in [5, 5.41) is 0. The Labute approximate surface area is 138 Å². The molecule has 0 saturated carbocycles. The molecular formula is C16H22BF4Rh. The number of hydrogen-bond acceptors (Lipinski definition) is 0. The Morgan fingerprint density at radius 2 is 1.00 bits per heavy atom. The molecule has 22 heavy (non-hydrogen) atoms. The fourth-order valence-corrected chi connectivity index (χ4v) is 4.42. The molecule has 126 valence electrons. The number of rotatable bonds is 2. The molecule has 0 heterocycles. The summed E-state index contributed by atoms with van der Waals surface area (Å²) < 4.78 is 42.5. The van der Waals surface area contributed by atoms with Crippen LogP contribution in [0, 0.1) is 0 Å². The van der Waals surface area contributed by atoms with Gasteiger partial charge < -0.3 is 17.3 Å². The number of allylic oxidation sites excluding steroid dienone is 8. The van der Waals surface area contributed by atoms with E-state index >= 15 is 0 Å². The molecule has 0 spiro atoms. The molecule has 2 rings (SSSR count). The third kappa shape index (κ3) is 12.0. The van der Waals surface area contributed by atoms with E-state index in [0.717, 1.165) is 0 Å². The zero-order valence-corrected chi connectivity index (χ0v) is 14.2. The Hall–Kier alpha value is -0.632. The molecule has 2 aliphatic rings. The van der Waals surface area contributed by atoms with Gasteiger partial charge in [-0.2, -0.15) is 0 Å². The maximum Gasteiger partial charge on any atom is 0.673 e. The minimum absolute atomic E-state index is 0.563. The molecule has 0 amide bonds. The van der Waals surface area contributed by atoms with Crippen molar-refractivity contribution in [3.63, 3.8) is 0 Å². The van der Waals surface area contributed by atoms with Crippen molar-refractivity contribution in [2.75, 3.05) is 0 Å². The molecule has 0 aromatic rings. The first-order chi connectivity index (χ1) is 10.4. The smallest absolute Gasteiger partial charge is 0.418 e. The summed E-state index contributed by atoms with van der Waals surface area (Å²) in [5.41, 5.74) is 0. The molecule has 0 N–H and O–H groups in total. The van der Waals surface area contributed by atoms with E-state index < -0.39 is 7.25 Å². The molecule has 0 atom stereocenters. The van der Waals surface area contributed by atoms with Crippen LogP contribution in [0.1, 0.15) is 51.4 Å². The van der Waals surface area contributed by atoms with Gasteiger partial charge in [0.25, 0.3) is 0 Å². The second-order valence-corrected chi connectivity index (χ2v) is 7.51. The van der Waals surface area contributed by atoms with E-state index in [4.69, 9.17) is 0 Å². The van der Waals surface area contributed by atoms with E-state index in [9.17, 15) is 17.3 Å². The molecule has 0 aliphatic heterocycles. The molecule has 2 aliphatic carbocycles. The van der Waals surface area contributed by atoms with Gasteiger partial charge in [0, 0.05) is 0 Å². The van der Waals surface area contributed by atoms with Crippen LogP contribution < -0.4 is 0 Å². The summed E-state index contributed by atoms with van der Waals surface area (Å²) in [7, 11) is -6.00. The van der Waals surface area contributed by atoms with Gasteiger partial charge in [-0.25, -0.2) is 0 Å². The Kier molecular flexibility index (Phi) is 9.70. The average molecular weight is 404 g/mol. The summed E-state index contributed by atoms with van der Waals surface area (Å²) >= 11 is 0.563. The molecule has 0 fully saturated rings. The van der Waals surface area contributed by atoms with E-state index in [-0.39, 0.29) is 0 Å². The number of halogens is 4. The second kappa shape index (κ2) is 11.0. The van der Waals surface area contributed by atoms with Crippen LogP contribution in [-0.4, -0.2) is 7.25 Å². The van der Waals surface area contributed by atoms with Gasteiger partial charge in [0.1, 0.15) is 0 Å². The molecule has 6 heteroatoms. The predicted molar refractivity (Wildman–Crippen MR) is 81.6 cm³/mol. The van der Waals surface area contributed by atoms with E-state index in [1.807, 2.05) is 0 Å². The van der Waals surface area contributed by atoms with Crippen molar-refractivity contribution in [1.29, 1.82) is 0 Å². The zero-order chi connectivity index (χ0) is 16.3. The van der Waals surface area contributed by atoms with Gasteiger partial charge in [0.15, 0.2) is 0 Å². The van der Waals surface area contributed by atoms with Crippen LogP contribution in [0.5, 0.6) is 0 Å². The molecule has 0 aromatic carbocycles. The SMILES string of the molecule is C1=CCC[C]([Rh+][C]2=CCCC=CCC2)=CCC1.F[B-](F)(F)F. The molecule has 0 bridgehead atoms. The third-order valence-electron chi connectivity index (χ3n) is 3.00. The van der Waals surface area contributed by atoms with Crippen molar-refractivity contribution in [1.82, 2.24) is 0 Å². The zero-order valence-electron chi connectivity index (χ0n) is 12.5. The largest absolute Gasteiger partial charge is 0.673 e. The first kappa shape index (κ1) is 19.4. The van der Waals surface area contributed by atoms with Crippen molar-refractivity contribution in [3.05, 3.63) is 44.8 Å². The molecule has 0 radical (unpaired) electrons. The van der Waals surface area contributed by atoms with E-state index in [1.165, 1.54) is 51.4 Å². The van der Waals surface area contributed by atoms with Crippen LogP contribution in [0.25, 0.3) is 0 Å². The van der Waals surface area contributed by atoms with Gasteiger partial charge >= 0.3 is 121 Å². The van der Waals surface area contributed by atoms with Gasteiger partial charge in [-0.1, -0.05) is 0 Å². The van der Waals surface area contributed by atoms with E-state index in [2.05, 4.69) is 36.5 Å². The van der Waals surface area contributed by atoms with Crippen molar-refractivity contribution in [2.24, 2.45) is 0 Å². The minimum Gasteiger partial charge on any atom is -0.418 e. The monoisotopic (exact) mass is 404 g/mol. The molecular weight excluding hydrogens is 382 g/mol. The van der Waals surface area contributed by atoms with Crippen LogP contribution in [0.3, 0.4) is 0 Å². The maximum atomic E-state index is 9.75. The summed E-state index contributed by atoms with van der Waals surface area (Å²) in [4.78, 5) is 0. The van der Waals surface area contributed by atoms with Gasteiger partial charge in [-0.05, 0) is 0 Å². The fourth-order valence-electron chi connectivity index (χ4n) is 2.05. The van der Waals surface area contributed by atoms with Gasteiger partial charge in [-0.15, -0.1) is 0 Å². The molecule has 0 saturated heterocycles. The van der Waals surface area contributed by atoms with E-state index in [0.29, 0.717) is 17.1 Å². The summed E-state index contributed by atoms with van der Waals surface area (Å²) in [6.07, 6.45) is 24.5. The maximum absolute atomic E-state index is 9.75. The topological polar surface area (TPSA) is 0 Å². The van der Waals surface area contributed by atoms with Crippen LogP contribution >= 0.6 is 0 Å². The summed E-state index contributed by atoms with van der Waals surface area (Å²) in [6.45, 7) is 0. The first-order valence-corrected chi connectivity index (χ1v) is 9.25.